The molecule has 1 aliphatic rings. The summed E-state index contributed by atoms with van der Waals surface area (Å²) in [6.07, 6.45) is 1.50. The predicted octanol–water partition coefficient (Wildman–Crippen LogP) is 3.05. The average molecular weight is 366 g/mol. The molecule has 0 fully saturated rings. The SMILES string of the molecule is Cc1c(F)cc(Cl)c2c1CCCN2C(=O)Cc1nnn(C(C)(C)C)n1. The predicted molar refractivity (Wildman–Crippen MR) is 93.3 cm³/mol. The summed E-state index contributed by atoms with van der Waals surface area (Å²) in [4.78, 5) is 15.9. The minimum atomic E-state index is -0.340. The smallest absolute Gasteiger partial charge is 0.234 e. The van der Waals surface area contributed by atoms with E-state index < -0.39 is 0 Å². The Balaban J connectivity index is 1.88. The van der Waals surface area contributed by atoms with Crippen molar-refractivity contribution in [1.29, 1.82) is 0 Å². The van der Waals surface area contributed by atoms with Crippen molar-refractivity contribution >= 4 is 23.2 Å². The zero-order valence-electron chi connectivity index (χ0n) is 14.8. The largest absolute Gasteiger partial charge is 0.310 e. The van der Waals surface area contributed by atoms with Crippen LogP contribution >= 0.6 is 11.6 Å². The average Bonchev–Trinajstić information content (AvgIpc) is 3.00. The number of hydrogen-bond donors (Lipinski definition) is 0. The molecule has 25 heavy (non-hydrogen) atoms. The van der Waals surface area contributed by atoms with Crippen LogP contribution in [0.5, 0.6) is 0 Å². The highest BCUT2D eigenvalue weighted by Crippen LogP contribution is 2.37. The second-order valence-corrected chi connectivity index (χ2v) is 7.69. The second kappa shape index (κ2) is 6.37. The molecule has 0 saturated heterocycles. The van der Waals surface area contributed by atoms with Gasteiger partial charge in [-0.25, -0.2) is 4.39 Å². The van der Waals surface area contributed by atoms with Crippen LogP contribution in [0.25, 0.3) is 0 Å². The first-order valence-corrected chi connectivity index (χ1v) is 8.63. The van der Waals surface area contributed by atoms with Gasteiger partial charge >= 0.3 is 0 Å². The van der Waals surface area contributed by atoms with E-state index in [9.17, 15) is 9.18 Å². The van der Waals surface area contributed by atoms with Gasteiger partial charge < -0.3 is 4.90 Å². The Morgan fingerprint density at radius 1 is 1.40 bits per heavy atom. The maximum Gasteiger partial charge on any atom is 0.234 e. The summed E-state index contributed by atoms with van der Waals surface area (Å²) in [7, 11) is 0. The first kappa shape index (κ1) is 17.8. The number of halogens is 2. The lowest BCUT2D eigenvalue weighted by atomic mass is 9.96. The van der Waals surface area contributed by atoms with Crippen LogP contribution < -0.4 is 4.90 Å². The van der Waals surface area contributed by atoms with Crippen LogP contribution in [0.3, 0.4) is 0 Å². The van der Waals surface area contributed by atoms with Gasteiger partial charge in [-0.2, -0.15) is 4.80 Å². The normalized spacial score (nSPS) is 14.6. The number of nitrogens with zero attached hydrogens (tertiary/aromatic N) is 5. The molecule has 0 unspecified atom stereocenters. The van der Waals surface area contributed by atoms with Gasteiger partial charge in [0.1, 0.15) is 5.82 Å². The van der Waals surface area contributed by atoms with E-state index in [1.165, 1.54) is 10.9 Å². The molecule has 1 aromatic heterocycles. The number of rotatable bonds is 2. The maximum absolute atomic E-state index is 13.9. The number of amides is 1. The van der Waals surface area contributed by atoms with E-state index in [-0.39, 0.29) is 28.7 Å². The fourth-order valence-corrected chi connectivity index (χ4v) is 3.27. The molecule has 0 bridgehead atoms. The van der Waals surface area contributed by atoms with E-state index in [1.807, 2.05) is 20.8 Å². The van der Waals surface area contributed by atoms with Gasteiger partial charge in [-0.1, -0.05) is 11.6 Å². The van der Waals surface area contributed by atoms with Crippen molar-refractivity contribution in [2.24, 2.45) is 0 Å². The molecule has 0 radical (unpaired) electrons. The Morgan fingerprint density at radius 3 is 2.76 bits per heavy atom. The van der Waals surface area contributed by atoms with Crippen molar-refractivity contribution < 1.29 is 9.18 Å². The lowest BCUT2D eigenvalue weighted by Gasteiger charge is -2.31. The molecule has 1 amide bonds. The molecule has 3 rings (SSSR count). The lowest BCUT2D eigenvalue weighted by Crippen LogP contribution is -2.37. The standard InChI is InChI=1S/C17H21ClFN5O/c1-10-11-6-5-7-23(16(11)12(18)8-13(10)19)15(25)9-14-20-22-24(21-14)17(2,3)4/h8H,5-7,9H2,1-4H3. The first-order valence-electron chi connectivity index (χ1n) is 8.25. The van der Waals surface area contributed by atoms with Gasteiger partial charge in [-0.15, -0.1) is 10.2 Å². The summed E-state index contributed by atoms with van der Waals surface area (Å²) in [6, 6.07) is 1.27. The van der Waals surface area contributed by atoms with Crippen molar-refractivity contribution in [2.45, 2.75) is 52.5 Å². The van der Waals surface area contributed by atoms with Crippen molar-refractivity contribution in [2.75, 3.05) is 11.4 Å². The Morgan fingerprint density at radius 2 is 2.12 bits per heavy atom. The summed E-state index contributed by atoms with van der Waals surface area (Å²) in [5.74, 6) is -0.142. The molecule has 0 saturated carbocycles. The number of fused-ring (bicyclic) bond motifs is 1. The van der Waals surface area contributed by atoms with Crippen LogP contribution in [-0.4, -0.2) is 32.7 Å². The molecule has 0 atom stereocenters. The lowest BCUT2D eigenvalue weighted by molar-refractivity contribution is -0.118. The van der Waals surface area contributed by atoms with Gasteiger partial charge in [-0.3, -0.25) is 4.79 Å². The highest BCUT2D eigenvalue weighted by atomic mass is 35.5. The number of carbonyl (C=O) groups is 1. The Kier molecular flexibility index (Phi) is 4.53. The molecule has 0 spiro atoms. The summed E-state index contributed by atoms with van der Waals surface area (Å²) in [5.41, 5.74) is 1.66. The molecular weight excluding hydrogens is 345 g/mol. The fourth-order valence-electron chi connectivity index (χ4n) is 2.96. The monoisotopic (exact) mass is 365 g/mol. The molecule has 0 N–H and O–H groups in total. The van der Waals surface area contributed by atoms with E-state index in [1.54, 1.807) is 11.8 Å². The topological polar surface area (TPSA) is 63.9 Å². The van der Waals surface area contributed by atoms with E-state index in [0.717, 1.165) is 12.0 Å². The van der Waals surface area contributed by atoms with Gasteiger partial charge in [0.25, 0.3) is 0 Å². The van der Waals surface area contributed by atoms with Gasteiger partial charge in [0, 0.05) is 6.54 Å². The van der Waals surface area contributed by atoms with Crippen molar-refractivity contribution in [3.63, 3.8) is 0 Å². The van der Waals surface area contributed by atoms with Crippen molar-refractivity contribution in [3.8, 4) is 0 Å². The van der Waals surface area contributed by atoms with Crippen molar-refractivity contribution in [1.82, 2.24) is 20.2 Å². The fraction of sp³-hybridized carbons (Fsp3) is 0.529. The zero-order chi connectivity index (χ0) is 18.4. The maximum atomic E-state index is 13.9. The van der Waals surface area contributed by atoms with Crippen LogP contribution in [0.15, 0.2) is 6.07 Å². The van der Waals surface area contributed by atoms with Crippen LogP contribution in [0.1, 0.15) is 44.1 Å². The molecule has 2 aromatic rings. The van der Waals surface area contributed by atoms with E-state index >= 15 is 0 Å². The third kappa shape index (κ3) is 3.38. The number of benzene rings is 1. The van der Waals surface area contributed by atoms with Gasteiger partial charge in [0.2, 0.25) is 5.91 Å². The van der Waals surface area contributed by atoms with Crippen LogP contribution in [0, 0.1) is 12.7 Å². The Bertz CT molecular complexity index is 827. The third-order valence-corrected chi connectivity index (χ3v) is 4.61. The number of tetrazole rings is 1. The molecule has 2 heterocycles. The summed E-state index contributed by atoms with van der Waals surface area (Å²) >= 11 is 6.24. The van der Waals surface area contributed by atoms with Crippen LogP contribution in [0.4, 0.5) is 10.1 Å². The number of carbonyl (C=O) groups excluding carboxylic acids is 1. The Hall–Kier alpha value is -2.02. The van der Waals surface area contributed by atoms with E-state index in [2.05, 4.69) is 15.4 Å². The van der Waals surface area contributed by atoms with Crippen molar-refractivity contribution in [3.05, 3.63) is 33.9 Å². The highest BCUT2D eigenvalue weighted by Gasteiger charge is 2.29. The summed E-state index contributed by atoms with van der Waals surface area (Å²) in [6.45, 7) is 8.13. The van der Waals surface area contributed by atoms with E-state index in [0.29, 0.717) is 30.0 Å². The summed E-state index contributed by atoms with van der Waals surface area (Å²) in [5, 5.41) is 12.5. The molecule has 1 aliphatic heterocycles. The second-order valence-electron chi connectivity index (χ2n) is 7.28. The molecular formula is C17H21ClFN5O. The first-order chi connectivity index (χ1) is 11.7. The quantitative estimate of drug-likeness (QED) is 0.820. The van der Waals surface area contributed by atoms with Gasteiger partial charge in [0.15, 0.2) is 5.82 Å². The number of anilines is 1. The van der Waals surface area contributed by atoms with Crippen LogP contribution in [-0.2, 0) is 23.2 Å². The number of hydrogen-bond acceptors (Lipinski definition) is 4. The van der Waals surface area contributed by atoms with Gasteiger partial charge in [-0.05, 0) is 62.9 Å². The van der Waals surface area contributed by atoms with E-state index in [4.69, 9.17) is 11.6 Å². The highest BCUT2D eigenvalue weighted by molar-refractivity contribution is 6.34. The molecule has 0 aliphatic carbocycles. The van der Waals surface area contributed by atoms with Gasteiger partial charge in [0.05, 0.1) is 22.7 Å². The van der Waals surface area contributed by atoms with Crippen LogP contribution in [0.2, 0.25) is 5.02 Å². The Labute approximate surface area is 151 Å². The zero-order valence-corrected chi connectivity index (χ0v) is 15.6. The molecule has 1 aromatic carbocycles. The summed E-state index contributed by atoms with van der Waals surface area (Å²) < 4.78 is 13.9. The number of aromatic nitrogens is 4. The molecule has 6 nitrogen and oxygen atoms in total. The third-order valence-electron chi connectivity index (χ3n) is 4.32. The minimum absolute atomic E-state index is 0.0300. The minimum Gasteiger partial charge on any atom is -0.310 e. The molecule has 8 heteroatoms. The molecule has 134 valence electrons.